The first kappa shape index (κ1) is 12.5. The van der Waals surface area contributed by atoms with Crippen LogP contribution in [0.25, 0.3) is 5.65 Å². The van der Waals surface area contributed by atoms with Crippen molar-refractivity contribution in [1.29, 1.82) is 0 Å². The van der Waals surface area contributed by atoms with E-state index in [0.717, 1.165) is 0 Å². The van der Waals surface area contributed by atoms with Gasteiger partial charge in [0.05, 0.1) is 5.69 Å². The van der Waals surface area contributed by atoms with Gasteiger partial charge in [-0.05, 0) is 12.1 Å². The SMILES string of the molecule is Nc1ncnc(SCc2cc(=O)n3ccccc3n2)n1. The number of hydrogen-bond donors (Lipinski definition) is 1. The van der Waals surface area contributed by atoms with Gasteiger partial charge >= 0.3 is 0 Å². The van der Waals surface area contributed by atoms with Crippen LogP contribution >= 0.6 is 11.8 Å². The van der Waals surface area contributed by atoms with Crippen LogP contribution in [0.4, 0.5) is 5.95 Å². The summed E-state index contributed by atoms with van der Waals surface area (Å²) in [7, 11) is 0. The largest absolute Gasteiger partial charge is 0.368 e. The lowest BCUT2D eigenvalue weighted by molar-refractivity contribution is 0.913. The van der Waals surface area contributed by atoms with E-state index in [0.29, 0.717) is 22.3 Å². The van der Waals surface area contributed by atoms with Crippen LogP contribution in [0.3, 0.4) is 0 Å². The molecule has 0 aliphatic carbocycles. The van der Waals surface area contributed by atoms with Gasteiger partial charge in [0.15, 0.2) is 5.16 Å². The number of nitrogens with two attached hydrogens (primary N) is 1. The fourth-order valence-corrected chi connectivity index (χ4v) is 2.38. The minimum absolute atomic E-state index is 0.110. The summed E-state index contributed by atoms with van der Waals surface area (Å²) in [6.45, 7) is 0. The van der Waals surface area contributed by atoms with Gasteiger partial charge < -0.3 is 5.73 Å². The van der Waals surface area contributed by atoms with E-state index in [2.05, 4.69) is 19.9 Å². The molecule has 0 unspecified atom stereocenters. The van der Waals surface area contributed by atoms with E-state index < -0.39 is 0 Å². The molecule has 0 amide bonds. The predicted octanol–water partition coefficient (Wildman–Crippen LogP) is 0.754. The third kappa shape index (κ3) is 2.59. The summed E-state index contributed by atoms with van der Waals surface area (Å²) in [6, 6.07) is 6.92. The first-order valence-corrected chi connectivity index (χ1v) is 6.75. The fourth-order valence-electron chi connectivity index (χ4n) is 1.68. The van der Waals surface area contributed by atoms with Crippen LogP contribution in [0.15, 0.2) is 46.7 Å². The highest BCUT2D eigenvalue weighted by Crippen LogP contribution is 2.17. The molecule has 7 nitrogen and oxygen atoms in total. The third-order valence-electron chi connectivity index (χ3n) is 2.54. The number of thioether (sulfide) groups is 1. The minimum atomic E-state index is -0.110. The lowest BCUT2D eigenvalue weighted by Crippen LogP contribution is -2.14. The van der Waals surface area contributed by atoms with Crippen LogP contribution in [0.5, 0.6) is 0 Å². The highest BCUT2D eigenvalue weighted by Gasteiger charge is 2.04. The molecule has 0 saturated heterocycles. The normalized spacial score (nSPS) is 10.8. The molecule has 3 rings (SSSR count). The molecular formula is C12H10N6OS. The Morgan fingerprint density at radius 3 is 3.00 bits per heavy atom. The molecule has 3 aromatic rings. The Hall–Kier alpha value is -2.48. The van der Waals surface area contributed by atoms with E-state index in [1.54, 1.807) is 18.3 Å². The van der Waals surface area contributed by atoms with Gasteiger partial charge in [-0.2, -0.15) is 4.98 Å². The monoisotopic (exact) mass is 286 g/mol. The van der Waals surface area contributed by atoms with E-state index in [-0.39, 0.29) is 11.5 Å². The van der Waals surface area contributed by atoms with Gasteiger partial charge in [0.1, 0.15) is 12.0 Å². The molecule has 0 saturated carbocycles. The second kappa shape index (κ2) is 5.25. The zero-order valence-corrected chi connectivity index (χ0v) is 11.1. The Balaban J connectivity index is 1.86. The average molecular weight is 286 g/mol. The third-order valence-corrected chi connectivity index (χ3v) is 3.44. The van der Waals surface area contributed by atoms with Crippen molar-refractivity contribution < 1.29 is 0 Å². The lowest BCUT2D eigenvalue weighted by Gasteiger charge is -2.03. The lowest BCUT2D eigenvalue weighted by atomic mass is 10.4. The summed E-state index contributed by atoms with van der Waals surface area (Å²) in [6.07, 6.45) is 3.04. The molecule has 0 bridgehead atoms. The molecule has 0 aliphatic heterocycles. The van der Waals surface area contributed by atoms with Crippen molar-refractivity contribution in [3.8, 4) is 0 Å². The molecule has 3 aromatic heterocycles. The Labute approximate surface area is 117 Å². The number of anilines is 1. The highest BCUT2D eigenvalue weighted by molar-refractivity contribution is 7.98. The van der Waals surface area contributed by atoms with Gasteiger partial charge in [-0.25, -0.2) is 15.0 Å². The number of nitrogen functional groups attached to an aromatic ring is 1. The van der Waals surface area contributed by atoms with Crippen LogP contribution in [0.1, 0.15) is 5.69 Å². The highest BCUT2D eigenvalue weighted by atomic mass is 32.2. The fraction of sp³-hybridized carbons (Fsp3) is 0.0833. The van der Waals surface area contributed by atoms with Crippen LogP contribution in [0, 0.1) is 0 Å². The summed E-state index contributed by atoms with van der Waals surface area (Å²) in [5.74, 6) is 0.665. The van der Waals surface area contributed by atoms with Crippen molar-refractivity contribution in [2.45, 2.75) is 10.9 Å². The summed E-state index contributed by atoms with van der Waals surface area (Å²) in [5, 5.41) is 0.507. The second-order valence-electron chi connectivity index (χ2n) is 3.93. The van der Waals surface area contributed by atoms with Gasteiger partial charge in [-0.15, -0.1) is 0 Å². The first-order valence-electron chi connectivity index (χ1n) is 5.77. The number of nitrogens with zero attached hydrogens (tertiary/aromatic N) is 5. The predicted molar refractivity (Wildman–Crippen MR) is 75.3 cm³/mol. The summed E-state index contributed by atoms with van der Waals surface area (Å²) in [4.78, 5) is 28.0. The molecule has 20 heavy (non-hydrogen) atoms. The number of fused-ring (bicyclic) bond motifs is 1. The maximum atomic E-state index is 11.9. The quantitative estimate of drug-likeness (QED) is 0.709. The zero-order chi connectivity index (χ0) is 13.9. The van der Waals surface area contributed by atoms with E-state index in [4.69, 9.17) is 5.73 Å². The maximum Gasteiger partial charge on any atom is 0.258 e. The summed E-state index contributed by atoms with van der Waals surface area (Å²) >= 11 is 1.35. The number of hydrogen-bond acceptors (Lipinski definition) is 7. The summed E-state index contributed by atoms with van der Waals surface area (Å²) in [5.41, 5.74) is 6.66. The molecule has 100 valence electrons. The Kier molecular flexibility index (Phi) is 3.30. The Bertz CT molecular complexity index is 818. The van der Waals surface area contributed by atoms with E-state index >= 15 is 0 Å². The van der Waals surface area contributed by atoms with Gasteiger partial charge in [0.2, 0.25) is 5.95 Å². The Morgan fingerprint density at radius 1 is 1.25 bits per heavy atom. The topological polar surface area (TPSA) is 99.1 Å². The van der Waals surface area contributed by atoms with Crippen molar-refractivity contribution in [3.05, 3.63) is 52.8 Å². The molecule has 8 heteroatoms. The van der Waals surface area contributed by atoms with Gasteiger partial charge in [0, 0.05) is 18.0 Å². The molecule has 0 aromatic carbocycles. The van der Waals surface area contributed by atoms with Crippen molar-refractivity contribution in [2.24, 2.45) is 0 Å². The van der Waals surface area contributed by atoms with Crippen molar-refractivity contribution >= 4 is 23.4 Å². The number of pyridine rings is 1. The van der Waals surface area contributed by atoms with Crippen LogP contribution < -0.4 is 11.3 Å². The molecule has 2 N–H and O–H groups in total. The molecule has 0 spiro atoms. The average Bonchev–Trinajstić information content (AvgIpc) is 2.45. The molecule has 0 atom stereocenters. The Morgan fingerprint density at radius 2 is 2.15 bits per heavy atom. The van der Waals surface area contributed by atoms with Crippen molar-refractivity contribution in [3.63, 3.8) is 0 Å². The zero-order valence-electron chi connectivity index (χ0n) is 10.3. The minimum Gasteiger partial charge on any atom is -0.368 e. The van der Waals surface area contributed by atoms with Crippen molar-refractivity contribution in [1.82, 2.24) is 24.3 Å². The van der Waals surface area contributed by atoms with E-state index in [1.165, 1.54) is 28.6 Å². The molecule has 0 aliphatic rings. The maximum absolute atomic E-state index is 11.9. The molecule has 0 radical (unpaired) electrons. The number of aromatic nitrogens is 5. The van der Waals surface area contributed by atoms with Gasteiger partial charge in [0.25, 0.3) is 5.56 Å². The number of rotatable bonds is 3. The van der Waals surface area contributed by atoms with Gasteiger partial charge in [-0.3, -0.25) is 9.20 Å². The second-order valence-corrected chi connectivity index (χ2v) is 4.87. The van der Waals surface area contributed by atoms with E-state index in [9.17, 15) is 4.79 Å². The summed E-state index contributed by atoms with van der Waals surface area (Å²) < 4.78 is 1.50. The standard InChI is InChI=1S/C12H10N6OS/c13-11-14-7-15-12(17-11)20-6-8-5-10(19)18-4-2-1-3-9(18)16-8/h1-5,7H,6H2,(H2,13,14,15,17). The van der Waals surface area contributed by atoms with Crippen LogP contribution in [-0.4, -0.2) is 24.3 Å². The van der Waals surface area contributed by atoms with Crippen molar-refractivity contribution in [2.75, 3.05) is 5.73 Å². The van der Waals surface area contributed by atoms with E-state index in [1.807, 2.05) is 6.07 Å². The first-order chi connectivity index (χ1) is 9.72. The molecular weight excluding hydrogens is 276 g/mol. The van der Waals surface area contributed by atoms with Crippen LogP contribution in [-0.2, 0) is 5.75 Å². The van der Waals surface area contributed by atoms with Gasteiger partial charge in [-0.1, -0.05) is 17.8 Å². The van der Waals surface area contributed by atoms with Crippen LogP contribution in [0.2, 0.25) is 0 Å². The smallest absolute Gasteiger partial charge is 0.258 e. The molecule has 0 fully saturated rings. The molecule has 3 heterocycles.